The van der Waals surface area contributed by atoms with Crippen molar-refractivity contribution in [3.63, 3.8) is 0 Å². The number of nitriles is 1. The van der Waals surface area contributed by atoms with Crippen molar-refractivity contribution >= 4 is 5.91 Å². The summed E-state index contributed by atoms with van der Waals surface area (Å²) in [5.41, 5.74) is 0.835. The molecule has 0 aliphatic carbocycles. The van der Waals surface area contributed by atoms with Gasteiger partial charge in [0.15, 0.2) is 11.5 Å². The van der Waals surface area contributed by atoms with Crippen LogP contribution in [0.5, 0.6) is 0 Å². The number of pyridine rings is 1. The number of carbonyl (C=O) groups excluding carboxylic acids is 1. The zero-order valence-electron chi connectivity index (χ0n) is 10.0. The van der Waals surface area contributed by atoms with E-state index in [2.05, 4.69) is 10.1 Å². The van der Waals surface area contributed by atoms with E-state index < -0.39 is 0 Å². The average Bonchev–Trinajstić information content (AvgIpc) is 2.87. The van der Waals surface area contributed by atoms with E-state index in [9.17, 15) is 4.79 Å². The molecule has 0 aliphatic heterocycles. The standard InChI is InChI=1S/C12H11N5O/c1-16(2)12(18)10-5-6-17(15-10)11-4-3-9(7-13)8-14-11/h3-6,8H,1-2H3. The highest BCUT2D eigenvalue weighted by Crippen LogP contribution is 2.06. The van der Waals surface area contributed by atoms with Crippen LogP contribution in [0.25, 0.3) is 5.82 Å². The van der Waals surface area contributed by atoms with Crippen LogP contribution in [0.1, 0.15) is 16.1 Å². The fourth-order valence-corrected chi connectivity index (χ4v) is 1.38. The Kier molecular flexibility index (Phi) is 3.06. The molecule has 0 fully saturated rings. The Labute approximate surface area is 104 Å². The van der Waals surface area contributed by atoms with Crippen LogP contribution < -0.4 is 0 Å². The van der Waals surface area contributed by atoms with Crippen molar-refractivity contribution in [1.29, 1.82) is 5.26 Å². The van der Waals surface area contributed by atoms with E-state index in [0.29, 0.717) is 17.1 Å². The number of aromatic nitrogens is 3. The maximum Gasteiger partial charge on any atom is 0.273 e. The third-order valence-corrected chi connectivity index (χ3v) is 2.33. The summed E-state index contributed by atoms with van der Waals surface area (Å²) in [7, 11) is 3.34. The van der Waals surface area contributed by atoms with E-state index in [1.165, 1.54) is 15.8 Å². The molecule has 2 aromatic rings. The Hall–Kier alpha value is -2.68. The van der Waals surface area contributed by atoms with Crippen molar-refractivity contribution in [3.05, 3.63) is 41.9 Å². The molecule has 0 radical (unpaired) electrons. The van der Waals surface area contributed by atoms with Crippen LogP contribution >= 0.6 is 0 Å². The van der Waals surface area contributed by atoms with E-state index in [0.717, 1.165) is 0 Å². The van der Waals surface area contributed by atoms with Crippen LogP contribution in [0, 0.1) is 11.3 Å². The van der Waals surface area contributed by atoms with E-state index in [-0.39, 0.29) is 5.91 Å². The van der Waals surface area contributed by atoms with Crippen molar-refractivity contribution in [2.24, 2.45) is 0 Å². The van der Waals surface area contributed by atoms with E-state index in [4.69, 9.17) is 5.26 Å². The van der Waals surface area contributed by atoms with Gasteiger partial charge in [-0.05, 0) is 18.2 Å². The van der Waals surface area contributed by atoms with Crippen LogP contribution in [0.15, 0.2) is 30.6 Å². The van der Waals surface area contributed by atoms with Crippen LogP contribution in [-0.4, -0.2) is 39.7 Å². The second-order valence-electron chi connectivity index (χ2n) is 3.86. The number of rotatable bonds is 2. The van der Waals surface area contributed by atoms with Crippen molar-refractivity contribution in [2.45, 2.75) is 0 Å². The first-order valence-electron chi connectivity index (χ1n) is 5.25. The van der Waals surface area contributed by atoms with E-state index >= 15 is 0 Å². The predicted molar refractivity (Wildman–Crippen MR) is 64.1 cm³/mol. The number of nitrogens with zero attached hydrogens (tertiary/aromatic N) is 5. The first kappa shape index (κ1) is 11.8. The van der Waals surface area contributed by atoms with Crippen LogP contribution in [0.4, 0.5) is 0 Å². The molecule has 18 heavy (non-hydrogen) atoms. The topological polar surface area (TPSA) is 74.8 Å². The Morgan fingerprint density at radius 1 is 1.39 bits per heavy atom. The van der Waals surface area contributed by atoms with Gasteiger partial charge in [0.2, 0.25) is 0 Å². The highest BCUT2D eigenvalue weighted by atomic mass is 16.2. The molecule has 0 atom stereocenters. The Balaban J connectivity index is 2.29. The van der Waals surface area contributed by atoms with Gasteiger partial charge >= 0.3 is 0 Å². The lowest BCUT2D eigenvalue weighted by molar-refractivity contribution is 0.0821. The van der Waals surface area contributed by atoms with Gasteiger partial charge in [-0.3, -0.25) is 4.79 Å². The molecular weight excluding hydrogens is 230 g/mol. The molecule has 0 aromatic carbocycles. The van der Waals surface area contributed by atoms with Crippen molar-refractivity contribution < 1.29 is 4.79 Å². The predicted octanol–water partition coefficient (Wildman–Crippen LogP) is 0.841. The Bertz CT molecular complexity index is 606. The summed E-state index contributed by atoms with van der Waals surface area (Å²) in [6, 6.07) is 6.94. The first-order chi connectivity index (χ1) is 8.61. The van der Waals surface area contributed by atoms with Gasteiger partial charge in [0.1, 0.15) is 6.07 Å². The number of amides is 1. The van der Waals surface area contributed by atoms with E-state index in [1.807, 2.05) is 6.07 Å². The van der Waals surface area contributed by atoms with Gasteiger partial charge in [-0.15, -0.1) is 0 Å². The van der Waals surface area contributed by atoms with Gasteiger partial charge in [0.05, 0.1) is 5.56 Å². The summed E-state index contributed by atoms with van der Waals surface area (Å²) in [6.07, 6.45) is 3.12. The fraction of sp³-hybridized carbons (Fsp3) is 0.167. The summed E-state index contributed by atoms with van der Waals surface area (Å²) >= 11 is 0. The molecule has 6 nitrogen and oxygen atoms in total. The summed E-state index contributed by atoms with van der Waals surface area (Å²) in [6.45, 7) is 0. The van der Waals surface area contributed by atoms with Gasteiger partial charge in [-0.25, -0.2) is 9.67 Å². The van der Waals surface area contributed by atoms with Crippen LogP contribution in [0.3, 0.4) is 0 Å². The summed E-state index contributed by atoms with van der Waals surface area (Å²) in [4.78, 5) is 17.2. The Morgan fingerprint density at radius 2 is 2.17 bits per heavy atom. The van der Waals surface area contributed by atoms with Gasteiger partial charge in [-0.1, -0.05) is 0 Å². The SMILES string of the molecule is CN(C)C(=O)c1ccn(-c2ccc(C#N)cn2)n1. The van der Waals surface area contributed by atoms with Crippen molar-refractivity contribution in [1.82, 2.24) is 19.7 Å². The summed E-state index contributed by atoms with van der Waals surface area (Å²) in [5, 5.41) is 12.8. The third kappa shape index (κ3) is 2.20. The molecule has 0 unspecified atom stereocenters. The second kappa shape index (κ2) is 4.67. The largest absolute Gasteiger partial charge is 0.343 e. The molecule has 2 heterocycles. The Morgan fingerprint density at radius 3 is 2.72 bits per heavy atom. The third-order valence-electron chi connectivity index (χ3n) is 2.33. The molecule has 90 valence electrons. The molecular formula is C12H11N5O. The molecule has 0 spiro atoms. The molecule has 6 heteroatoms. The molecule has 1 amide bonds. The fourth-order valence-electron chi connectivity index (χ4n) is 1.38. The van der Waals surface area contributed by atoms with Gasteiger partial charge in [0.25, 0.3) is 5.91 Å². The minimum absolute atomic E-state index is 0.164. The quantitative estimate of drug-likeness (QED) is 0.780. The van der Waals surface area contributed by atoms with Gasteiger partial charge in [-0.2, -0.15) is 10.4 Å². The summed E-state index contributed by atoms with van der Waals surface area (Å²) < 4.78 is 1.50. The van der Waals surface area contributed by atoms with E-state index in [1.54, 1.807) is 38.5 Å². The van der Waals surface area contributed by atoms with Crippen LogP contribution in [0.2, 0.25) is 0 Å². The molecule has 0 N–H and O–H groups in total. The first-order valence-corrected chi connectivity index (χ1v) is 5.25. The van der Waals surface area contributed by atoms with Crippen LogP contribution in [-0.2, 0) is 0 Å². The lowest BCUT2D eigenvalue weighted by Gasteiger charge is -2.06. The normalized spacial score (nSPS) is 9.83. The van der Waals surface area contributed by atoms with Gasteiger partial charge in [0, 0.05) is 26.5 Å². The smallest absolute Gasteiger partial charge is 0.273 e. The molecule has 2 aromatic heterocycles. The maximum atomic E-state index is 11.7. The molecule has 2 rings (SSSR count). The lowest BCUT2D eigenvalue weighted by Crippen LogP contribution is -2.22. The summed E-state index contributed by atoms with van der Waals surface area (Å²) in [5.74, 6) is 0.397. The monoisotopic (exact) mass is 241 g/mol. The highest BCUT2D eigenvalue weighted by molar-refractivity contribution is 5.91. The lowest BCUT2D eigenvalue weighted by atomic mass is 10.3. The minimum atomic E-state index is -0.164. The molecule has 0 aliphatic rings. The second-order valence-corrected chi connectivity index (χ2v) is 3.86. The number of hydrogen-bond acceptors (Lipinski definition) is 4. The maximum absolute atomic E-state index is 11.7. The molecule has 0 bridgehead atoms. The zero-order chi connectivity index (χ0) is 13.1. The zero-order valence-corrected chi connectivity index (χ0v) is 10.0. The van der Waals surface area contributed by atoms with Crippen molar-refractivity contribution in [2.75, 3.05) is 14.1 Å². The minimum Gasteiger partial charge on any atom is -0.343 e. The molecule has 0 saturated carbocycles. The average molecular weight is 241 g/mol. The van der Waals surface area contributed by atoms with Gasteiger partial charge < -0.3 is 4.90 Å². The molecule has 0 saturated heterocycles. The van der Waals surface area contributed by atoms with Crippen molar-refractivity contribution in [3.8, 4) is 11.9 Å². The highest BCUT2D eigenvalue weighted by Gasteiger charge is 2.12. The number of carbonyl (C=O) groups is 1. The number of hydrogen-bond donors (Lipinski definition) is 0.